The highest BCUT2D eigenvalue weighted by molar-refractivity contribution is 7.07. The first-order valence-corrected chi connectivity index (χ1v) is 8.87. The van der Waals surface area contributed by atoms with Crippen molar-refractivity contribution in [3.8, 4) is 10.9 Å². The Bertz CT molecular complexity index is 970. The quantitative estimate of drug-likeness (QED) is 0.491. The van der Waals surface area contributed by atoms with E-state index in [9.17, 15) is 14.9 Å². The van der Waals surface area contributed by atoms with Crippen molar-refractivity contribution >= 4 is 28.8 Å². The number of rotatable bonds is 6. The van der Waals surface area contributed by atoms with Crippen molar-refractivity contribution in [2.24, 2.45) is 0 Å². The van der Waals surface area contributed by atoms with Gasteiger partial charge in [0, 0.05) is 40.8 Å². The lowest BCUT2D eigenvalue weighted by Gasteiger charge is -2.06. The van der Waals surface area contributed by atoms with Gasteiger partial charge in [0.15, 0.2) is 0 Å². The summed E-state index contributed by atoms with van der Waals surface area (Å²) >= 11 is 1.18. The smallest absolute Gasteiger partial charge is 0.298 e. The number of nitro groups is 1. The van der Waals surface area contributed by atoms with Crippen LogP contribution in [0.3, 0.4) is 0 Å². The topological polar surface area (TPSA) is 107 Å². The molecule has 0 radical (unpaired) electrons. The van der Waals surface area contributed by atoms with Gasteiger partial charge in [-0.15, -0.1) is 0 Å². The zero-order valence-electron chi connectivity index (χ0n) is 14.6. The highest BCUT2D eigenvalue weighted by atomic mass is 32.1. The molecule has 1 N–H and O–H groups in total. The number of hydrogen-bond donors (Lipinski definition) is 1. The molecule has 1 heterocycles. The lowest BCUT2D eigenvalue weighted by atomic mass is 10.2. The molecule has 0 spiro atoms. The first-order chi connectivity index (χ1) is 12.9. The van der Waals surface area contributed by atoms with Crippen LogP contribution in [-0.4, -0.2) is 20.2 Å². The van der Waals surface area contributed by atoms with Crippen molar-refractivity contribution in [1.82, 2.24) is 9.36 Å². The fourth-order valence-electron chi connectivity index (χ4n) is 2.17. The summed E-state index contributed by atoms with van der Waals surface area (Å²) in [4.78, 5) is 26.8. The van der Waals surface area contributed by atoms with Gasteiger partial charge >= 0.3 is 0 Å². The Labute approximate surface area is 159 Å². The first kappa shape index (κ1) is 18.5. The third-order valence-electron chi connectivity index (χ3n) is 3.58. The third-order valence-corrected chi connectivity index (χ3v) is 4.19. The molecule has 0 aliphatic carbocycles. The van der Waals surface area contributed by atoms with E-state index in [0.29, 0.717) is 16.6 Å². The summed E-state index contributed by atoms with van der Waals surface area (Å²) < 4.78 is 9.88. The van der Waals surface area contributed by atoms with Crippen LogP contribution >= 0.6 is 11.5 Å². The number of carbonyl (C=O) groups excluding carboxylic acids is 1. The van der Waals surface area contributed by atoms with Crippen molar-refractivity contribution in [2.45, 2.75) is 19.8 Å². The number of nitrogens with one attached hydrogen (secondary N) is 1. The Balaban J connectivity index is 1.65. The molecular weight excluding hydrogens is 368 g/mol. The molecule has 2 aromatic carbocycles. The van der Waals surface area contributed by atoms with Crippen LogP contribution in [-0.2, 0) is 0 Å². The predicted molar refractivity (Wildman–Crippen MR) is 102 cm³/mol. The molecule has 9 heteroatoms. The first-order valence-electron chi connectivity index (χ1n) is 8.09. The summed E-state index contributed by atoms with van der Waals surface area (Å²) in [7, 11) is 0. The van der Waals surface area contributed by atoms with Crippen LogP contribution in [0.5, 0.6) is 10.9 Å². The molecule has 3 aromatic rings. The molecule has 27 heavy (non-hydrogen) atoms. The number of non-ortho nitro benzene ring substituents is 1. The maximum absolute atomic E-state index is 12.2. The van der Waals surface area contributed by atoms with Gasteiger partial charge in [0.1, 0.15) is 11.6 Å². The minimum Gasteiger partial charge on any atom is -0.430 e. The van der Waals surface area contributed by atoms with Gasteiger partial charge in [0.25, 0.3) is 16.8 Å². The fraction of sp³-hybridized carbons (Fsp3) is 0.167. The van der Waals surface area contributed by atoms with E-state index in [4.69, 9.17) is 4.74 Å². The minimum absolute atomic E-state index is 0.135. The summed E-state index contributed by atoms with van der Waals surface area (Å²) in [5.74, 6) is 1.09. The SMILES string of the molecule is CC(C)c1nsc(Oc2ccc(NC(=O)c3cccc([N+](=O)[O-])c3)cc2)n1. The Morgan fingerprint density at radius 3 is 2.59 bits per heavy atom. The molecule has 0 aliphatic heterocycles. The van der Waals surface area contributed by atoms with E-state index >= 15 is 0 Å². The van der Waals surface area contributed by atoms with Gasteiger partial charge in [-0.2, -0.15) is 9.36 Å². The minimum atomic E-state index is -0.541. The Morgan fingerprint density at radius 1 is 1.22 bits per heavy atom. The lowest BCUT2D eigenvalue weighted by molar-refractivity contribution is -0.384. The van der Waals surface area contributed by atoms with Crippen LogP contribution in [0.15, 0.2) is 48.5 Å². The highest BCUT2D eigenvalue weighted by Crippen LogP contribution is 2.26. The number of nitro benzene ring substituents is 1. The van der Waals surface area contributed by atoms with Crippen LogP contribution in [0, 0.1) is 10.1 Å². The molecule has 0 saturated heterocycles. The number of ether oxygens (including phenoxy) is 1. The Hall–Kier alpha value is -3.33. The van der Waals surface area contributed by atoms with Crippen molar-refractivity contribution in [3.05, 3.63) is 70.0 Å². The average molecular weight is 384 g/mol. The maximum Gasteiger partial charge on any atom is 0.298 e. The van der Waals surface area contributed by atoms with Gasteiger partial charge in [0.2, 0.25) is 0 Å². The zero-order chi connectivity index (χ0) is 19.4. The van der Waals surface area contributed by atoms with Crippen molar-refractivity contribution < 1.29 is 14.5 Å². The van der Waals surface area contributed by atoms with Gasteiger partial charge in [-0.1, -0.05) is 19.9 Å². The second kappa shape index (κ2) is 7.92. The number of hydrogen-bond acceptors (Lipinski definition) is 7. The van der Waals surface area contributed by atoms with Gasteiger partial charge in [-0.3, -0.25) is 14.9 Å². The largest absolute Gasteiger partial charge is 0.430 e. The van der Waals surface area contributed by atoms with Crippen LogP contribution in [0.4, 0.5) is 11.4 Å². The number of benzene rings is 2. The average Bonchev–Trinajstić information content (AvgIpc) is 3.12. The molecule has 0 atom stereocenters. The number of anilines is 1. The zero-order valence-corrected chi connectivity index (χ0v) is 15.4. The number of aromatic nitrogens is 2. The Morgan fingerprint density at radius 2 is 1.96 bits per heavy atom. The van der Waals surface area contributed by atoms with Gasteiger partial charge in [-0.05, 0) is 30.3 Å². The van der Waals surface area contributed by atoms with E-state index < -0.39 is 10.8 Å². The van der Waals surface area contributed by atoms with Crippen LogP contribution < -0.4 is 10.1 Å². The van der Waals surface area contributed by atoms with Crippen molar-refractivity contribution in [3.63, 3.8) is 0 Å². The predicted octanol–water partition coefficient (Wildman–Crippen LogP) is 4.61. The molecule has 138 valence electrons. The molecule has 0 aliphatic rings. The fourth-order valence-corrected chi connectivity index (χ4v) is 2.86. The second-order valence-electron chi connectivity index (χ2n) is 5.96. The summed E-state index contributed by atoms with van der Waals surface area (Å²) in [5, 5.41) is 14.0. The highest BCUT2D eigenvalue weighted by Gasteiger charge is 2.12. The summed E-state index contributed by atoms with van der Waals surface area (Å²) in [5.41, 5.74) is 0.614. The van der Waals surface area contributed by atoms with Crippen LogP contribution in [0.1, 0.15) is 35.9 Å². The number of carbonyl (C=O) groups is 1. The molecule has 0 fully saturated rings. The molecule has 0 bridgehead atoms. The summed E-state index contributed by atoms with van der Waals surface area (Å²) in [6.45, 7) is 4.01. The Kier molecular flexibility index (Phi) is 5.41. The summed E-state index contributed by atoms with van der Waals surface area (Å²) in [6.07, 6.45) is 0. The van der Waals surface area contributed by atoms with E-state index in [-0.39, 0.29) is 17.2 Å². The van der Waals surface area contributed by atoms with E-state index in [1.807, 2.05) is 13.8 Å². The second-order valence-corrected chi connectivity index (χ2v) is 6.68. The van der Waals surface area contributed by atoms with Crippen molar-refractivity contribution in [2.75, 3.05) is 5.32 Å². The van der Waals surface area contributed by atoms with E-state index in [1.54, 1.807) is 24.3 Å². The molecular formula is C18H16N4O4S. The van der Waals surface area contributed by atoms with E-state index in [2.05, 4.69) is 14.7 Å². The molecule has 0 saturated carbocycles. The maximum atomic E-state index is 12.2. The lowest BCUT2D eigenvalue weighted by Crippen LogP contribution is -2.11. The van der Waals surface area contributed by atoms with Crippen molar-refractivity contribution in [1.29, 1.82) is 0 Å². The van der Waals surface area contributed by atoms with Crippen LogP contribution in [0.2, 0.25) is 0 Å². The van der Waals surface area contributed by atoms with Gasteiger partial charge in [-0.25, -0.2) is 0 Å². The number of amides is 1. The monoisotopic (exact) mass is 384 g/mol. The van der Waals surface area contributed by atoms with E-state index in [1.165, 1.54) is 35.8 Å². The molecule has 8 nitrogen and oxygen atoms in total. The molecule has 0 unspecified atom stereocenters. The third kappa shape index (κ3) is 4.64. The molecule has 1 aromatic heterocycles. The van der Waals surface area contributed by atoms with E-state index in [0.717, 1.165) is 5.82 Å². The molecule has 1 amide bonds. The standard InChI is InChI=1S/C18H16N4O4S/c1-11(2)16-20-18(27-21-16)26-15-8-6-13(7-9-15)19-17(23)12-4-3-5-14(10-12)22(24)25/h3-11H,1-2H3,(H,19,23). The normalized spacial score (nSPS) is 10.6. The summed E-state index contributed by atoms with van der Waals surface area (Å²) in [6, 6.07) is 12.3. The van der Waals surface area contributed by atoms with Crippen LogP contribution in [0.25, 0.3) is 0 Å². The number of nitrogens with zero attached hydrogens (tertiary/aromatic N) is 3. The molecule has 3 rings (SSSR count). The van der Waals surface area contributed by atoms with Gasteiger partial charge < -0.3 is 10.1 Å². The van der Waals surface area contributed by atoms with Gasteiger partial charge in [0.05, 0.1) is 4.92 Å².